The van der Waals surface area contributed by atoms with Gasteiger partial charge in [-0.2, -0.15) is 0 Å². The number of carbonyl (C=O) groups is 1. The van der Waals surface area contributed by atoms with Crippen LogP contribution >= 0.6 is 0 Å². The number of fused-ring (bicyclic) bond motifs is 2. The Morgan fingerprint density at radius 1 is 1.03 bits per heavy atom. The predicted octanol–water partition coefficient (Wildman–Crippen LogP) is 6.46. The van der Waals surface area contributed by atoms with Crippen molar-refractivity contribution in [1.29, 1.82) is 0 Å². The van der Waals surface area contributed by atoms with E-state index in [2.05, 4.69) is 74.4 Å². The van der Waals surface area contributed by atoms with E-state index in [0.29, 0.717) is 23.6 Å². The maximum Gasteiger partial charge on any atom is 0.341 e. The van der Waals surface area contributed by atoms with Gasteiger partial charge in [-0.25, -0.2) is 4.79 Å². The first-order chi connectivity index (χ1) is 18.0. The Kier molecular flexibility index (Phi) is 6.67. The summed E-state index contributed by atoms with van der Waals surface area (Å²) in [5.74, 6) is 0.343. The molecule has 6 nitrogen and oxygen atoms in total. The lowest BCUT2D eigenvalue weighted by atomic mass is 9.80. The first-order valence-corrected chi connectivity index (χ1v) is 13.3. The normalized spacial score (nSPS) is 16.6. The first-order valence-electron chi connectivity index (χ1n) is 13.3. The van der Waals surface area contributed by atoms with E-state index in [4.69, 9.17) is 14.5 Å². The highest BCUT2D eigenvalue weighted by Gasteiger charge is 2.54. The van der Waals surface area contributed by atoms with Crippen LogP contribution in [0.5, 0.6) is 5.75 Å². The number of ether oxygens (including phenoxy) is 2. The minimum absolute atomic E-state index is 0.370. The van der Waals surface area contributed by atoms with Gasteiger partial charge in [-0.05, 0) is 64.4 Å². The number of aryl methyl sites for hydroxylation is 1. The lowest BCUT2D eigenvalue weighted by Gasteiger charge is -2.32. The van der Waals surface area contributed by atoms with Crippen molar-refractivity contribution in [3.05, 3.63) is 88.9 Å². The average molecular weight is 498 g/mol. The van der Waals surface area contributed by atoms with Gasteiger partial charge < -0.3 is 18.9 Å². The fourth-order valence-electron chi connectivity index (χ4n) is 5.78. The third kappa shape index (κ3) is 3.78. The summed E-state index contributed by atoms with van der Waals surface area (Å²) in [6, 6.07) is 18.2. The molecule has 0 radical (unpaired) electrons. The Hall–Kier alpha value is -3.80. The van der Waals surface area contributed by atoms with Crippen molar-refractivity contribution in [2.24, 2.45) is 0 Å². The Balaban J connectivity index is 1.89. The van der Waals surface area contributed by atoms with Crippen LogP contribution < -0.4 is 9.64 Å². The van der Waals surface area contributed by atoms with E-state index < -0.39 is 5.60 Å². The van der Waals surface area contributed by atoms with Crippen LogP contribution in [0.3, 0.4) is 0 Å². The van der Waals surface area contributed by atoms with Crippen molar-refractivity contribution in [2.45, 2.75) is 53.2 Å². The lowest BCUT2D eigenvalue weighted by molar-refractivity contribution is 0.0237. The molecule has 0 N–H and O–H groups in total. The highest BCUT2D eigenvalue weighted by atomic mass is 16.6. The Bertz CT molecular complexity index is 1450. The summed E-state index contributed by atoms with van der Waals surface area (Å²) < 4.78 is 15.2. The number of rotatable bonds is 9. The van der Waals surface area contributed by atoms with Gasteiger partial charge in [0.05, 0.1) is 12.2 Å². The molecule has 0 saturated carbocycles. The second kappa shape index (κ2) is 9.92. The predicted molar refractivity (Wildman–Crippen MR) is 148 cm³/mol. The largest absolute Gasteiger partial charge is 0.493 e. The zero-order chi connectivity index (χ0) is 26.2. The fraction of sp³-hybridized carbons (Fsp3) is 0.355. The molecule has 0 bridgehead atoms. The Labute approximate surface area is 218 Å². The summed E-state index contributed by atoms with van der Waals surface area (Å²) in [4.78, 5) is 20.5. The number of hydrogen-bond acceptors (Lipinski definition) is 5. The van der Waals surface area contributed by atoms with Crippen LogP contribution in [-0.4, -0.2) is 35.2 Å². The molecule has 0 saturated heterocycles. The molecular weight excluding hydrogens is 462 g/mol. The van der Waals surface area contributed by atoms with Gasteiger partial charge >= 0.3 is 5.97 Å². The summed E-state index contributed by atoms with van der Waals surface area (Å²) >= 11 is 0. The van der Waals surface area contributed by atoms with Crippen molar-refractivity contribution in [2.75, 3.05) is 24.6 Å². The molecule has 1 aliphatic heterocycles. The number of pyridine rings is 1. The monoisotopic (exact) mass is 497 g/mol. The van der Waals surface area contributed by atoms with Crippen LogP contribution in [0, 0.1) is 6.92 Å². The third-order valence-electron chi connectivity index (χ3n) is 7.44. The molecule has 4 aromatic rings. The lowest BCUT2D eigenvalue weighted by Crippen LogP contribution is -2.32. The van der Waals surface area contributed by atoms with Crippen molar-refractivity contribution < 1.29 is 14.3 Å². The van der Waals surface area contributed by atoms with Gasteiger partial charge in [0, 0.05) is 65.3 Å². The number of esters is 1. The third-order valence-corrected chi connectivity index (χ3v) is 7.44. The van der Waals surface area contributed by atoms with Crippen LogP contribution in [0.2, 0.25) is 0 Å². The fourth-order valence-corrected chi connectivity index (χ4v) is 5.78. The average Bonchev–Trinajstić information content (AvgIpc) is 3.39. The van der Waals surface area contributed by atoms with E-state index in [0.717, 1.165) is 59.5 Å². The molecule has 37 heavy (non-hydrogen) atoms. The van der Waals surface area contributed by atoms with Gasteiger partial charge in [0.25, 0.3) is 0 Å². The van der Waals surface area contributed by atoms with E-state index in [1.54, 1.807) is 18.3 Å². The van der Waals surface area contributed by atoms with Crippen LogP contribution in [0.15, 0.2) is 60.8 Å². The quantitative estimate of drug-likeness (QED) is 0.248. The van der Waals surface area contributed by atoms with Gasteiger partial charge in [-0.15, -0.1) is 0 Å². The van der Waals surface area contributed by atoms with Gasteiger partial charge in [0.2, 0.25) is 5.60 Å². The molecule has 0 aliphatic carbocycles. The van der Waals surface area contributed by atoms with Gasteiger partial charge in [-0.1, -0.05) is 25.1 Å². The van der Waals surface area contributed by atoms with Crippen LogP contribution in [0.1, 0.15) is 67.0 Å². The van der Waals surface area contributed by atoms with Crippen molar-refractivity contribution in [3.8, 4) is 5.75 Å². The van der Waals surface area contributed by atoms with Gasteiger partial charge in [0.1, 0.15) is 11.4 Å². The topological polar surface area (TPSA) is 56.6 Å². The second-order valence-corrected chi connectivity index (χ2v) is 9.39. The molecule has 0 fully saturated rings. The standard InChI is InChI=1S/C31H35N3O3/c1-6-19-36-27-20-22(33(7-2)8-3)16-17-25(27)31(29-24(30(35)37-31)14-12-18-32-29)28-21(5)34(9-4)26-15-11-10-13-23(26)28/h10-18,20H,6-9,19H2,1-5H3. The summed E-state index contributed by atoms with van der Waals surface area (Å²) in [5.41, 5.74) is 4.83. The molecule has 2 aromatic carbocycles. The number of carbonyl (C=O) groups excluding carboxylic acids is 1. The van der Waals surface area contributed by atoms with Gasteiger partial charge in [0.15, 0.2) is 0 Å². The summed E-state index contributed by atoms with van der Waals surface area (Å²) in [6.07, 6.45) is 2.60. The maximum atomic E-state index is 13.4. The first kappa shape index (κ1) is 24.9. The molecule has 1 atom stereocenters. The zero-order valence-corrected chi connectivity index (χ0v) is 22.4. The molecule has 1 unspecified atom stereocenters. The summed E-state index contributed by atoms with van der Waals surface area (Å²) in [6.45, 7) is 13.8. The molecule has 6 heteroatoms. The molecule has 3 heterocycles. The van der Waals surface area contributed by atoms with Crippen LogP contribution in [0.4, 0.5) is 5.69 Å². The Morgan fingerprint density at radius 3 is 2.54 bits per heavy atom. The van der Waals surface area contributed by atoms with E-state index in [1.807, 2.05) is 12.1 Å². The van der Waals surface area contributed by atoms with Crippen molar-refractivity contribution in [3.63, 3.8) is 0 Å². The molecule has 0 spiro atoms. The number of nitrogens with zero attached hydrogens (tertiary/aromatic N) is 3. The number of hydrogen-bond donors (Lipinski definition) is 0. The minimum Gasteiger partial charge on any atom is -0.493 e. The molecule has 1 aliphatic rings. The SMILES string of the molecule is CCCOc1cc(N(CC)CC)ccc1C1(c2c(C)n(CC)c3ccccc23)OC(=O)c2cccnc21. The highest BCUT2D eigenvalue weighted by Crippen LogP contribution is 2.52. The van der Waals surface area contributed by atoms with Gasteiger partial charge in [-0.3, -0.25) is 4.98 Å². The molecular formula is C31H35N3O3. The minimum atomic E-state index is -1.23. The number of anilines is 1. The number of cyclic esters (lactones) is 1. The number of para-hydroxylation sites is 1. The summed E-state index contributed by atoms with van der Waals surface area (Å²) in [7, 11) is 0. The van der Waals surface area contributed by atoms with Crippen LogP contribution in [0.25, 0.3) is 10.9 Å². The van der Waals surface area contributed by atoms with E-state index in [-0.39, 0.29) is 5.97 Å². The van der Waals surface area contributed by atoms with Crippen molar-refractivity contribution >= 4 is 22.6 Å². The molecule has 5 rings (SSSR count). The maximum absolute atomic E-state index is 13.4. The number of benzene rings is 2. The smallest absolute Gasteiger partial charge is 0.341 e. The molecule has 0 amide bonds. The molecule has 2 aromatic heterocycles. The second-order valence-electron chi connectivity index (χ2n) is 9.39. The van der Waals surface area contributed by atoms with Crippen LogP contribution in [-0.2, 0) is 16.9 Å². The van der Waals surface area contributed by atoms with E-state index >= 15 is 0 Å². The zero-order valence-electron chi connectivity index (χ0n) is 22.4. The summed E-state index contributed by atoms with van der Waals surface area (Å²) in [5, 5.41) is 1.04. The molecule has 192 valence electrons. The van der Waals surface area contributed by atoms with Crippen molar-refractivity contribution in [1.82, 2.24) is 9.55 Å². The highest BCUT2D eigenvalue weighted by molar-refractivity contribution is 5.98. The van der Waals surface area contributed by atoms with E-state index in [1.165, 1.54) is 0 Å². The Morgan fingerprint density at radius 2 is 1.81 bits per heavy atom. The van der Waals surface area contributed by atoms with E-state index in [9.17, 15) is 4.79 Å². The number of aromatic nitrogens is 2.